The molecule has 0 aromatic heterocycles. The highest BCUT2D eigenvalue weighted by molar-refractivity contribution is 5.55. The van der Waals surface area contributed by atoms with Crippen LogP contribution in [0, 0.1) is 0 Å². The molecule has 0 saturated carbocycles. The number of hydrogen-bond acceptors (Lipinski definition) is 5. The van der Waals surface area contributed by atoms with Crippen LogP contribution in [0.2, 0.25) is 0 Å². The third-order valence-electron chi connectivity index (χ3n) is 3.95. The Morgan fingerprint density at radius 1 is 0.875 bits per heavy atom. The maximum atomic E-state index is 10.4. The van der Waals surface area contributed by atoms with Crippen molar-refractivity contribution in [1.82, 2.24) is 0 Å². The number of rotatable bonds is 8. The number of benzene rings is 2. The van der Waals surface area contributed by atoms with Crippen molar-refractivity contribution in [3.05, 3.63) is 47.5 Å². The average Bonchev–Trinajstić information content (AvgIpc) is 2.64. The SMILES string of the molecule is COc1cccc(C(O)CCc2ccc(OC)c(OC)c2OC)c1. The Kier molecular flexibility index (Phi) is 6.32. The van der Waals surface area contributed by atoms with Gasteiger partial charge in [-0.1, -0.05) is 18.2 Å². The maximum absolute atomic E-state index is 10.4. The standard InChI is InChI=1S/C19H24O5/c1-21-15-7-5-6-14(12-15)16(20)10-8-13-9-11-17(22-2)19(24-4)18(13)23-3/h5-7,9,11-12,16,20H,8,10H2,1-4H3. The molecule has 0 aliphatic heterocycles. The number of aliphatic hydroxyl groups excluding tert-OH is 1. The summed E-state index contributed by atoms with van der Waals surface area (Å²) in [5.74, 6) is 2.55. The Balaban J connectivity index is 2.16. The van der Waals surface area contributed by atoms with Gasteiger partial charge >= 0.3 is 0 Å². The van der Waals surface area contributed by atoms with E-state index in [4.69, 9.17) is 18.9 Å². The molecule has 0 aliphatic rings. The lowest BCUT2D eigenvalue weighted by molar-refractivity contribution is 0.167. The van der Waals surface area contributed by atoms with E-state index in [1.165, 1.54) is 0 Å². The fourth-order valence-electron chi connectivity index (χ4n) is 2.67. The second kappa shape index (κ2) is 8.45. The summed E-state index contributed by atoms with van der Waals surface area (Å²) in [5, 5.41) is 10.4. The molecular formula is C19H24O5. The Bertz CT molecular complexity index is 669. The van der Waals surface area contributed by atoms with E-state index in [0.29, 0.717) is 30.1 Å². The van der Waals surface area contributed by atoms with E-state index in [0.717, 1.165) is 16.9 Å². The molecule has 2 aromatic rings. The van der Waals surface area contributed by atoms with Gasteiger partial charge in [0.1, 0.15) is 5.75 Å². The van der Waals surface area contributed by atoms with Crippen molar-refractivity contribution < 1.29 is 24.1 Å². The van der Waals surface area contributed by atoms with E-state index in [-0.39, 0.29) is 0 Å². The molecule has 5 heteroatoms. The van der Waals surface area contributed by atoms with Crippen molar-refractivity contribution in [2.75, 3.05) is 28.4 Å². The average molecular weight is 332 g/mol. The first-order chi connectivity index (χ1) is 11.6. The summed E-state index contributed by atoms with van der Waals surface area (Å²) in [5.41, 5.74) is 1.78. The fourth-order valence-corrected chi connectivity index (χ4v) is 2.67. The number of aryl methyl sites for hydroxylation is 1. The van der Waals surface area contributed by atoms with Crippen LogP contribution in [-0.4, -0.2) is 33.5 Å². The zero-order valence-corrected chi connectivity index (χ0v) is 14.5. The Morgan fingerprint density at radius 2 is 1.62 bits per heavy atom. The quantitative estimate of drug-likeness (QED) is 0.803. The summed E-state index contributed by atoms with van der Waals surface area (Å²) < 4.78 is 21.4. The van der Waals surface area contributed by atoms with E-state index in [9.17, 15) is 5.11 Å². The largest absolute Gasteiger partial charge is 0.497 e. The van der Waals surface area contributed by atoms with Crippen molar-refractivity contribution >= 4 is 0 Å². The van der Waals surface area contributed by atoms with Crippen LogP contribution in [-0.2, 0) is 6.42 Å². The predicted molar refractivity (Wildman–Crippen MR) is 92.4 cm³/mol. The summed E-state index contributed by atoms with van der Waals surface area (Å²) in [6.07, 6.45) is 0.610. The van der Waals surface area contributed by atoms with Gasteiger partial charge in [0, 0.05) is 0 Å². The molecule has 0 radical (unpaired) electrons. The minimum absolute atomic E-state index is 0.555. The molecule has 24 heavy (non-hydrogen) atoms. The highest BCUT2D eigenvalue weighted by atomic mass is 16.5. The van der Waals surface area contributed by atoms with Crippen LogP contribution in [0.25, 0.3) is 0 Å². The second-order valence-electron chi connectivity index (χ2n) is 5.32. The zero-order chi connectivity index (χ0) is 17.5. The number of ether oxygens (including phenoxy) is 4. The topological polar surface area (TPSA) is 57.2 Å². The molecule has 0 bridgehead atoms. The fraction of sp³-hybridized carbons (Fsp3) is 0.368. The molecule has 1 unspecified atom stereocenters. The summed E-state index contributed by atoms with van der Waals surface area (Å²) in [6.45, 7) is 0. The van der Waals surface area contributed by atoms with E-state index < -0.39 is 6.10 Å². The zero-order valence-electron chi connectivity index (χ0n) is 14.5. The lowest BCUT2D eigenvalue weighted by Crippen LogP contribution is -2.03. The minimum atomic E-state index is -0.585. The van der Waals surface area contributed by atoms with Gasteiger partial charge in [-0.25, -0.2) is 0 Å². The molecule has 0 saturated heterocycles. The van der Waals surface area contributed by atoms with Crippen LogP contribution >= 0.6 is 0 Å². The smallest absolute Gasteiger partial charge is 0.203 e. The highest BCUT2D eigenvalue weighted by Gasteiger charge is 2.17. The van der Waals surface area contributed by atoms with Gasteiger partial charge in [0.2, 0.25) is 5.75 Å². The van der Waals surface area contributed by atoms with E-state index in [1.807, 2.05) is 36.4 Å². The van der Waals surface area contributed by atoms with Gasteiger partial charge in [-0.15, -0.1) is 0 Å². The molecule has 5 nitrogen and oxygen atoms in total. The first-order valence-corrected chi connectivity index (χ1v) is 7.74. The molecule has 1 atom stereocenters. The molecule has 130 valence electrons. The Labute approximate surface area is 142 Å². The van der Waals surface area contributed by atoms with E-state index in [2.05, 4.69) is 0 Å². The number of hydrogen-bond donors (Lipinski definition) is 1. The van der Waals surface area contributed by atoms with Crippen molar-refractivity contribution in [2.24, 2.45) is 0 Å². The van der Waals surface area contributed by atoms with Gasteiger partial charge in [-0.3, -0.25) is 0 Å². The number of methoxy groups -OCH3 is 4. The monoisotopic (exact) mass is 332 g/mol. The molecule has 2 aromatic carbocycles. The van der Waals surface area contributed by atoms with Gasteiger partial charge in [0.25, 0.3) is 0 Å². The number of aliphatic hydroxyl groups is 1. The normalized spacial score (nSPS) is 11.7. The van der Waals surface area contributed by atoms with Crippen LogP contribution in [0.1, 0.15) is 23.7 Å². The molecule has 0 amide bonds. The van der Waals surface area contributed by atoms with Crippen LogP contribution in [0.5, 0.6) is 23.0 Å². The highest BCUT2D eigenvalue weighted by Crippen LogP contribution is 2.40. The van der Waals surface area contributed by atoms with Crippen LogP contribution in [0.4, 0.5) is 0 Å². The molecule has 1 N–H and O–H groups in total. The molecule has 2 rings (SSSR count). The Hall–Kier alpha value is -2.40. The summed E-state index contributed by atoms with van der Waals surface area (Å²) in [4.78, 5) is 0. The molecular weight excluding hydrogens is 308 g/mol. The van der Waals surface area contributed by atoms with Crippen molar-refractivity contribution in [3.8, 4) is 23.0 Å². The van der Waals surface area contributed by atoms with Crippen LogP contribution < -0.4 is 18.9 Å². The first-order valence-electron chi connectivity index (χ1n) is 7.74. The van der Waals surface area contributed by atoms with Gasteiger partial charge in [0.05, 0.1) is 34.5 Å². The maximum Gasteiger partial charge on any atom is 0.203 e. The lowest BCUT2D eigenvalue weighted by Gasteiger charge is -2.17. The van der Waals surface area contributed by atoms with Crippen molar-refractivity contribution in [2.45, 2.75) is 18.9 Å². The van der Waals surface area contributed by atoms with Crippen molar-refractivity contribution in [1.29, 1.82) is 0 Å². The summed E-state index contributed by atoms with van der Waals surface area (Å²) in [6, 6.07) is 11.2. The van der Waals surface area contributed by atoms with Crippen molar-refractivity contribution in [3.63, 3.8) is 0 Å². The third kappa shape index (κ3) is 3.92. The molecule has 0 fully saturated rings. The summed E-state index contributed by atoms with van der Waals surface area (Å²) in [7, 11) is 6.37. The molecule has 0 aliphatic carbocycles. The van der Waals surface area contributed by atoms with Gasteiger partial charge in [-0.2, -0.15) is 0 Å². The van der Waals surface area contributed by atoms with E-state index in [1.54, 1.807) is 28.4 Å². The van der Waals surface area contributed by atoms with E-state index >= 15 is 0 Å². The first kappa shape index (κ1) is 17.9. The lowest BCUT2D eigenvalue weighted by atomic mass is 10.00. The molecule has 0 spiro atoms. The summed E-state index contributed by atoms with van der Waals surface area (Å²) >= 11 is 0. The molecule has 0 heterocycles. The third-order valence-corrected chi connectivity index (χ3v) is 3.95. The van der Waals surface area contributed by atoms with Gasteiger partial charge in [0.15, 0.2) is 11.5 Å². The van der Waals surface area contributed by atoms with Gasteiger partial charge in [-0.05, 0) is 42.2 Å². The Morgan fingerprint density at radius 3 is 2.25 bits per heavy atom. The second-order valence-corrected chi connectivity index (χ2v) is 5.32. The van der Waals surface area contributed by atoms with Crippen LogP contribution in [0.15, 0.2) is 36.4 Å². The van der Waals surface area contributed by atoms with Crippen LogP contribution in [0.3, 0.4) is 0 Å². The predicted octanol–water partition coefficient (Wildman–Crippen LogP) is 3.39. The van der Waals surface area contributed by atoms with Gasteiger partial charge < -0.3 is 24.1 Å². The minimum Gasteiger partial charge on any atom is -0.497 e.